The molecule has 0 heterocycles. The van der Waals surface area contributed by atoms with Crippen molar-refractivity contribution in [3.8, 4) is 6.07 Å². The van der Waals surface area contributed by atoms with E-state index in [2.05, 4.69) is 24.6 Å². The molecule has 3 aromatic rings. The van der Waals surface area contributed by atoms with E-state index in [1.54, 1.807) is 0 Å². The van der Waals surface area contributed by atoms with E-state index in [0.717, 1.165) is 12.1 Å². The van der Waals surface area contributed by atoms with E-state index in [9.17, 15) is 43.1 Å². The van der Waals surface area contributed by atoms with Crippen LogP contribution in [0.4, 0.5) is 34.1 Å². The SMILES string of the molecule is N#Cc1cccc(N=Nc2c(N)c(N=Nc3ccc(S(=O)(=O)CCOS(=O)[O-])cc3S(=O)(=O)O)cc(S(=O)(=O)O)c2N)c1. The Morgan fingerprint density at radius 2 is 1.51 bits per heavy atom. The molecule has 0 bridgehead atoms. The van der Waals surface area contributed by atoms with E-state index < -0.39 is 96.9 Å². The van der Waals surface area contributed by atoms with Gasteiger partial charge in [-0.15, -0.1) is 15.3 Å². The van der Waals surface area contributed by atoms with Crippen molar-refractivity contribution in [3.05, 3.63) is 54.1 Å². The first kappa shape index (κ1) is 33.3. The lowest BCUT2D eigenvalue weighted by Gasteiger charge is -2.11. The number of hydrogen-bond acceptors (Lipinski definition) is 16. The fourth-order valence-electron chi connectivity index (χ4n) is 3.23. The Morgan fingerprint density at radius 3 is 2.12 bits per heavy atom. The van der Waals surface area contributed by atoms with Gasteiger partial charge >= 0.3 is 0 Å². The summed E-state index contributed by atoms with van der Waals surface area (Å²) in [5.74, 6) is -0.870. The highest BCUT2D eigenvalue weighted by Gasteiger charge is 2.24. The molecule has 228 valence electrons. The van der Waals surface area contributed by atoms with Crippen LogP contribution in [0.1, 0.15) is 5.56 Å². The minimum Gasteiger partial charge on any atom is -0.750 e. The largest absolute Gasteiger partial charge is 0.750 e. The van der Waals surface area contributed by atoms with E-state index in [1.165, 1.54) is 24.3 Å². The average Bonchev–Trinajstić information content (AvgIpc) is 2.91. The van der Waals surface area contributed by atoms with Crippen LogP contribution in [0.25, 0.3) is 0 Å². The molecule has 43 heavy (non-hydrogen) atoms. The Morgan fingerprint density at radius 1 is 0.860 bits per heavy atom. The molecule has 0 aromatic heterocycles. The molecule has 1 atom stereocenters. The van der Waals surface area contributed by atoms with Gasteiger partial charge in [0.15, 0.2) is 9.84 Å². The molecule has 0 saturated carbocycles. The van der Waals surface area contributed by atoms with Crippen LogP contribution in [0.3, 0.4) is 0 Å². The van der Waals surface area contributed by atoms with Crippen molar-refractivity contribution < 1.29 is 47.3 Å². The number of nitrogens with two attached hydrogens (primary N) is 2. The van der Waals surface area contributed by atoms with Crippen molar-refractivity contribution in [2.75, 3.05) is 23.8 Å². The molecule has 0 aliphatic carbocycles. The molecular weight excluding hydrogens is 655 g/mol. The minimum atomic E-state index is -5.15. The fourth-order valence-corrected chi connectivity index (χ4v) is 6.02. The van der Waals surface area contributed by atoms with Gasteiger partial charge in [0.2, 0.25) is 0 Å². The van der Waals surface area contributed by atoms with Crippen LogP contribution < -0.4 is 11.5 Å². The first-order chi connectivity index (χ1) is 19.9. The lowest BCUT2D eigenvalue weighted by atomic mass is 10.2. The van der Waals surface area contributed by atoms with Gasteiger partial charge in [0.05, 0.1) is 57.3 Å². The highest BCUT2D eigenvalue weighted by molar-refractivity contribution is 7.91. The first-order valence-corrected chi connectivity index (χ1v) is 16.6. The zero-order chi connectivity index (χ0) is 32.2. The van der Waals surface area contributed by atoms with Gasteiger partial charge in [0.1, 0.15) is 26.9 Å². The molecule has 0 amide bonds. The van der Waals surface area contributed by atoms with Crippen LogP contribution in [0.5, 0.6) is 0 Å². The second kappa shape index (κ2) is 13.0. The van der Waals surface area contributed by atoms with Gasteiger partial charge in [-0.1, -0.05) is 6.07 Å². The Kier molecular flexibility index (Phi) is 10.0. The molecule has 1 unspecified atom stereocenters. The maximum atomic E-state index is 12.5. The summed E-state index contributed by atoms with van der Waals surface area (Å²) in [6, 6.07) is 10.5. The molecule has 0 fully saturated rings. The molecule has 3 rings (SSSR count). The Labute approximate surface area is 246 Å². The first-order valence-electron chi connectivity index (χ1n) is 11.0. The highest BCUT2D eigenvalue weighted by Crippen LogP contribution is 2.43. The van der Waals surface area contributed by atoms with Gasteiger partial charge in [0.25, 0.3) is 20.2 Å². The summed E-state index contributed by atoms with van der Waals surface area (Å²) in [7, 11) is -14.5. The van der Waals surface area contributed by atoms with E-state index in [1.807, 2.05) is 6.07 Å². The summed E-state index contributed by atoms with van der Waals surface area (Å²) in [4.78, 5) is -2.62. The predicted octanol–water partition coefficient (Wildman–Crippen LogP) is 2.63. The number of azo groups is 2. The molecule has 0 aliphatic rings. The molecule has 0 spiro atoms. The molecule has 0 radical (unpaired) electrons. The van der Waals surface area contributed by atoms with E-state index in [4.69, 9.17) is 16.7 Å². The summed E-state index contributed by atoms with van der Waals surface area (Å²) in [6.07, 6.45) is 0. The van der Waals surface area contributed by atoms with E-state index in [-0.39, 0.29) is 11.3 Å². The van der Waals surface area contributed by atoms with Gasteiger partial charge in [0, 0.05) is 0 Å². The van der Waals surface area contributed by atoms with Crippen LogP contribution in [0.15, 0.2) is 83.7 Å². The standard InChI is InChI=1S/C21H19N7O11S4/c22-11-12-2-1-3-13(8-12)25-28-21-19(23)16(10-18(20(21)24)43(36,37)38)27-26-15-5-4-14(9-17(15)42(33,34)35)41(31,32)7-6-39-40(29)30/h1-5,8-10H,6-7,23-24H2,(H,29,30)(H,33,34,35)(H,36,37,38)/p-1. The van der Waals surface area contributed by atoms with Gasteiger partial charge < -0.3 is 16.0 Å². The fraction of sp³-hybridized carbons (Fsp3) is 0.0952. The average molecular weight is 673 g/mol. The smallest absolute Gasteiger partial charge is 0.296 e. The zero-order valence-electron chi connectivity index (χ0n) is 21.1. The summed E-state index contributed by atoms with van der Waals surface area (Å²) < 4.78 is 117. The van der Waals surface area contributed by atoms with Crippen LogP contribution in [-0.2, 0) is 45.6 Å². The molecule has 6 N–H and O–H groups in total. The Hall–Kier alpha value is -4.21. The number of nitrogen functional groups attached to an aromatic ring is 2. The molecule has 22 heteroatoms. The predicted molar refractivity (Wildman–Crippen MR) is 148 cm³/mol. The van der Waals surface area contributed by atoms with Crippen LogP contribution in [0.2, 0.25) is 0 Å². The van der Waals surface area contributed by atoms with Crippen molar-refractivity contribution in [2.45, 2.75) is 14.7 Å². The Balaban J connectivity index is 2.13. The van der Waals surface area contributed by atoms with Gasteiger partial charge in [-0.25, -0.2) is 12.6 Å². The van der Waals surface area contributed by atoms with Crippen LogP contribution >= 0.6 is 0 Å². The van der Waals surface area contributed by atoms with Crippen LogP contribution in [-0.4, -0.2) is 55.5 Å². The summed E-state index contributed by atoms with van der Waals surface area (Å²) in [5, 5.41) is 24.0. The second-order valence-electron chi connectivity index (χ2n) is 8.06. The zero-order valence-corrected chi connectivity index (χ0v) is 24.4. The summed E-state index contributed by atoms with van der Waals surface area (Å²) >= 11 is -3.00. The van der Waals surface area contributed by atoms with Gasteiger partial charge in [-0.3, -0.25) is 13.3 Å². The second-order valence-corrected chi connectivity index (χ2v) is 13.6. The van der Waals surface area contributed by atoms with E-state index in [0.29, 0.717) is 12.1 Å². The lowest BCUT2D eigenvalue weighted by molar-refractivity contribution is 0.318. The minimum absolute atomic E-state index is 0.138. The van der Waals surface area contributed by atoms with Crippen molar-refractivity contribution in [2.24, 2.45) is 20.5 Å². The van der Waals surface area contributed by atoms with Crippen molar-refractivity contribution in [3.63, 3.8) is 0 Å². The highest BCUT2D eigenvalue weighted by atomic mass is 32.2. The molecule has 0 saturated heterocycles. The number of nitriles is 1. The Bertz CT molecular complexity index is 2040. The number of hydrogen-bond donors (Lipinski definition) is 4. The normalized spacial score (nSPS) is 13.3. The number of nitrogens with zero attached hydrogens (tertiary/aromatic N) is 5. The summed E-state index contributed by atoms with van der Waals surface area (Å²) in [5.41, 5.74) is 9.49. The molecule has 0 aliphatic heterocycles. The maximum absolute atomic E-state index is 12.5. The molecular formula is C21H18N7O11S4-. The van der Waals surface area contributed by atoms with Crippen molar-refractivity contribution >= 4 is 75.6 Å². The lowest BCUT2D eigenvalue weighted by Crippen LogP contribution is -2.14. The number of sulfone groups is 1. The van der Waals surface area contributed by atoms with Crippen molar-refractivity contribution in [1.82, 2.24) is 0 Å². The third-order valence-corrected chi connectivity index (χ3v) is 9.02. The maximum Gasteiger partial charge on any atom is 0.296 e. The van der Waals surface area contributed by atoms with Gasteiger partial charge in [-0.05, 0) is 42.5 Å². The van der Waals surface area contributed by atoms with Crippen molar-refractivity contribution in [1.29, 1.82) is 5.26 Å². The molecule has 3 aromatic carbocycles. The third-order valence-electron chi connectivity index (χ3n) is 5.20. The topological polar surface area (TPSA) is 318 Å². The number of rotatable bonds is 11. The number of anilines is 2. The molecule has 18 nitrogen and oxygen atoms in total. The quantitative estimate of drug-likeness (QED) is 0.0984. The summed E-state index contributed by atoms with van der Waals surface area (Å²) in [6.45, 7) is -0.781. The van der Waals surface area contributed by atoms with Crippen LogP contribution in [0, 0.1) is 11.3 Å². The number of benzene rings is 3. The van der Waals surface area contributed by atoms with E-state index >= 15 is 0 Å². The monoisotopic (exact) mass is 672 g/mol. The van der Waals surface area contributed by atoms with Gasteiger partial charge in [-0.2, -0.15) is 27.2 Å². The third kappa shape index (κ3) is 8.43.